The van der Waals surface area contributed by atoms with Gasteiger partial charge in [0.25, 0.3) is 5.95 Å². The first-order valence-electron chi connectivity index (χ1n) is 4.77. The van der Waals surface area contributed by atoms with E-state index in [4.69, 9.17) is 10.3 Å². The highest BCUT2D eigenvalue weighted by Gasteiger charge is 2.16. The van der Waals surface area contributed by atoms with Crippen LogP contribution in [0.15, 0.2) is 4.52 Å². The monoisotopic (exact) mass is 198 g/mol. The Kier molecular flexibility index (Phi) is 3.46. The van der Waals surface area contributed by atoms with Gasteiger partial charge in [-0.25, -0.2) is 0 Å². The van der Waals surface area contributed by atoms with E-state index < -0.39 is 0 Å². The molecule has 0 amide bonds. The summed E-state index contributed by atoms with van der Waals surface area (Å²) < 4.78 is 5.06. The van der Waals surface area contributed by atoms with Gasteiger partial charge < -0.3 is 15.2 Å². The molecular formula is C9H18N4O. The summed E-state index contributed by atoms with van der Waals surface area (Å²) >= 11 is 0. The van der Waals surface area contributed by atoms with Gasteiger partial charge in [-0.15, -0.1) is 0 Å². The van der Waals surface area contributed by atoms with E-state index in [-0.39, 0.29) is 6.04 Å². The number of rotatable bonds is 4. The molecule has 1 heterocycles. The predicted octanol–water partition coefficient (Wildman–Crippen LogP) is 1.18. The summed E-state index contributed by atoms with van der Waals surface area (Å²) in [5, 5.41) is 3.80. The first-order valence-corrected chi connectivity index (χ1v) is 4.77. The SMILES string of the molecule is CC(C)C[C@H](N)c1nc(N(C)C)no1. The molecule has 80 valence electrons. The summed E-state index contributed by atoms with van der Waals surface area (Å²) in [5.41, 5.74) is 5.89. The van der Waals surface area contributed by atoms with Crippen LogP contribution in [0.1, 0.15) is 32.2 Å². The predicted molar refractivity (Wildman–Crippen MR) is 55.0 cm³/mol. The molecule has 0 unspecified atom stereocenters. The van der Waals surface area contributed by atoms with E-state index in [0.717, 1.165) is 6.42 Å². The molecule has 0 aliphatic carbocycles. The van der Waals surface area contributed by atoms with Gasteiger partial charge >= 0.3 is 0 Å². The minimum Gasteiger partial charge on any atom is -0.344 e. The second-order valence-electron chi connectivity index (χ2n) is 4.06. The van der Waals surface area contributed by atoms with Crippen molar-refractivity contribution in [1.29, 1.82) is 0 Å². The fourth-order valence-corrected chi connectivity index (χ4v) is 1.17. The van der Waals surface area contributed by atoms with Crippen molar-refractivity contribution in [3.63, 3.8) is 0 Å². The Morgan fingerprint density at radius 3 is 2.50 bits per heavy atom. The summed E-state index contributed by atoms with van der Waals surface area (Å²) in [4.78, 5) is 5.97. The minimum atomic E-state index is -0.156. The molecule has 0 spiro atoms. The van der Waals surface area contributed by atoms with E-state index in [1.54, 1.807) is 4.90 Å². The second kappa shape index (κ2) is 4.41. The number of hydrogen-bond donors (Lipinski definition) is 1. The van der Waals surface area contributed by atoms with E-state index in [1.807, 2.05) is 14.1 Å². The van der Waals surface area contributed by atoms with Crippen LogP contribution >= 0.6 is 0 Å². The molecule has 0 saturated heterocycles. The summed E-state index contributed by atoms with van der Waals surface area (Å²) in [6.45, 7) is 4.23. The number of aromatic nitrogens is 2. The molecule has 0 fully saturated rings. The molecule has 0 aliphatic rings. The average Bonchev–Trinajstić information content (AvgIpc) is 2.50. The number of nitrogens with zero attached hydrogens (tertiary/aromatic N) is 3. The van der Waals surface area contributed by atoms with Gasteiger partial charge in [-0.1, -0.05) is 13.8 Å². The standard InChI is InChI=1S/C9H18N4O/c1-6(2)5-7(10)8-11-9(12-14-8)13(3)4/h6-7H,5,10H2,1-4H3/t7-/m0/s1. The van der Waals surface area contributed by atoms with Crippen LogP contribution in [0, 0.1) is 5.92 Å². The minimum absolute atomic E-state index is 0.156. The molecule has 5 nitrogen and oxygen atoms in total. The van der Waals surface area contributed by atoms with E-state index in [2.05, 4.69) is 24.0 Å². The Bertz CT molecular complexity index is 282. The lowest BCUT2D eigenvalue weighted by Crippen LogP contribution is -2.14. The molecule has 14 heavy (non-hydrogen) atoms. The number of hydrogen-bond acceptors (Lipinski definition) is 5. The molecule has 0 aromatic carbocycles. The van der Waals surface area contributed by atoms with Gasteiger partial charge in [0.1, 0.15) is 0 Å². The maximum absolute atomic E-state index is 5.89. The number of anilines is 1. The molecule has 2 N–H and O–H groups in total. The fourth-order valence-electron chi connectivity index (χ4n) is 1.17. The molecule has 0 saturated carbocycles. The summed E-state index contributed by atoms with van der Waals surface area (Å²) in [7, 11) is 3.73. The van der Waals surface area contributed by atoms with Crippen LogP contribution in [0.2, 0.25) is 0 Å². The smallest absolute Gasteiger partial charge is 0.265 e. The Labute approximate surface area is 84.3 Å². The molecule has 5 heteroatoms. The zero-order valence-electron chi connectivity index (χ0n) is 9.19. The van der Waals surface area contributed by atoms with Gasteiger partial charge in [0.05, 0.1) is 6.04 Å². The average molecular weight is 198 g/mol. The van der Waals surface area contributed by atoms with Crippen molar-refractivity contribution < 1.29 is 4.52 Å². The Morgan fingerprint density at radius 1 is 1.43 bits per heavy atom. The lowest BCUT2D eigenvalue weighted by atomic mass is 10.0. The molecule has 0 aliphatic heterocycles. The van der Waals surface area contributed by atoms with Crippen molar-refractivity contribution >= 4 is 5.95 Å². The molecular weight excluding hydrogens is 180 g/mol. The summed E-state index contributed by atoms with van der Waals surface area (Å²) in [5.74, 6) is 1.61. The fraction of sp³-hybridized carbons (Fsp3) is 0.778. The largest absolute Gasteiger partial charge is 0.344 e. The maximum atomic E-state index is 5.89. The highest BCUT2D eigenvalue weighted by atomic mass is 16.5. The van der Waals surface area contributed by atoms with Crippen LogP contribution in [0.4, 0.5) is 5.95 Å². The van der Waals surface area contributed by atoms with Gasteiger partial charge in [-0.2, -0.15) is 4.98 Å². The molecule has 1 aromatic rings. The van der Waals surface area contributed by atoms with Crippen molar-refractivity contribution in [1.82, 2.24) is 10.1 Å². The lowest BCUT2D eigenvalue weighted by molar-refractivity contribution is 0.335. The zero-order valence-corrected chi connectivity index (χ0v) is 9.19. The van der Waals surface area contributed by atoms with Crippen LogP contribution in [0.3, 0.4) is 0 Å². The van der Waals surface area contributed by atoms with Crippen molar-refractivity contribution in [3.05, 3.63) is 5.89 Å². The van der Waals surface area contributed by atoms with Gasteiger partial charge in [0.2, 0.25) is 5.89 Å². The highest BCUT2D eigenvalue weighted by Crippen LogP contribution is 2.18. The van der Waals surface area contributed by atoms with Crippen LogP contribution in [0.5, 0.6) is 0 Å². The van der Waals surface area contributed by atoms with Gasteiger partial charge in [-0.3, -0.25) is 0 Å². The maximum Gasteiger partial charge on any atom is 0.265 e. The summed E-state index contributed by atoms with van der Waals surface area (Å²) in [6.07, 6.45) is 0.856. The van der Waals surface area contributed by atoms with E-state index in [0.29, 0.717) is 17.8 Å². The Morgan fingerprint density at radius 2 is 2.07 bits per heavy atom. The molecule has 1 atom stereocenters. The van der Waals surface area contributed by atoms with Crippen molar-refractivity contribution in [2.45, 2.75) is 26.3 Å². The number of nitrogens with two attached hydrogens (primary N) is 1. The Hall–Kier alpha value is -1.10. The van der Waals surface area contributed by atoms with Crippen molar-refractivity contribution in [2.24, 2.45) is 11.7 Å². The molecule has 0 bridgehead atoms. The van der Waals surface area contributed by atoms with Gasteiger partial charge in [0, 0.05) is 14.1 Å². The Balaban J connectivity index is 2.66. The first-order chi connectivity index (χ1) is 6.50. The second-order valence-corrected chi connectivity index (χ2v) is 4.06. The van der Waals surface area contributed by atoms with Gasteiger partial charge in [-0.05, 0) is 17.5 Å². The van der Waals surface area contributed by atoms with Crippen molar-refractivity contribution in [2.75, 3.05) is 19.0 Å². The quantitative estimate of drug-likeness (QED) is 0.786. The topological polar surface area (TPSA) is 68.2 Å². The van der Waals surface area contributed by atoms with Crippen LogP contribution in [0.25, 0.3) is 0 Å². The van der Waals surface area contributed by atoms with Crippen LogP contribution in [-0.4, -0.2) is 24.2 Å². The third-order valence-electron chi connectivity index (χ3n) is 1.87. The third-order valence-corrected chi connectivity index (χ3v) is 1.87. The van der Waals surface area contributed by atoms with Gasteiger partial charge in [0.15, 0.2) is 0 Å². The highest BCUT2D eigenvalue weighted by molar-refractivity contribution is 5.24. The molecule has 1 aromatic heterocycles. The molecule has 0 radical (unpaired) electrons. The van der Waals surface area contributed by atoms with E-state index in [1.165, 1.54) is 0 Å². The zero-order chi connectivity index (χ0) is 10.7. The van der Waals surface area contributed by atoms with E-state index >= 15 is 0 Å². The van der Waals surface area contributed by atoms with E-state index in [9.17, 15) is 0 Å². The van der Waals surface area contributed by atoms with Crippen LogP contribution in [-0.2, 0) is 0 Å². The third kappa shape index (κ3) is 2.70. The van der Waals surface area contributed by atoms with Crippen molar-refractivity contribution in [3.8, 4) is 0 Å². The molecule has 1 rings (SSSR count). The van der Waals surface area contributed by atoms with Crippen LogP contribution < -0.4 is 10.6 Å². The first kappa shape index (κ1) is 11.0. The summed E-state index contributed by atoms with van der Waals surface area (Å²) in [6, 6.07) is -0.156. The normalized spacial score (nSPS) is 13.3. The lowest BCUT2D eigenvalue weighted by Gasteiger charge is -2.08.